The second-order valence-corrected chi connectivity index (χ2v) is 5.62. The molecule has 1 aromatic heterocycles. The SMILES string of the molecule is Cc1cc([N+](=O)[O-])ccc1NC(C)Cc1cccs1. The molecule has 0 saturated carbocycles. The van der Waals surface area contributed by atoms with Gasteiger partial charge in [0.2, 0.25) is 0 Å². The van der Waals surface area contributed by atoms with Crippen LogP contribution in [0.1, 0.15) is 17.4 Å². The number of benzene rings is 1. The van der Waals surface area contributed by atoms with Gasteiger partial charge in [0.05, 0.1) is 4.92 Å². The predicted molar refractivity (Wildman–Crippen MR) is 78.9 cm³/mol. The lowest BCUT2D eigenvalue weighted by Crippen LogP contribution is -2.18. The van der Waals surface area contributed by atoms with Gasteiger partial charge in [-0.05, 0) is 36.9 Å². The topological polar surface area (TPSA) is 55.2 Å². The average Bonchev–Trinajstić information content (AvgIpc) is 2.84. The lowest BCUT2D eigenvalue weighted by Gasteiger charge is -2.16. The molecular weight excluding hydrogens is 260 g/mol. The predicted octanol–water partition coefficient (Wildman–Crippen LogP) is 4.01. The molecule has 0 bridgehead atoms. The number of thiophene rings is 1. The molecule has 0 aliphatic heterocycles. The van der Waals surface area contributed by atoms with Crippen LogP contribution in [-0.4, -0.2) is 11.0 Å². The molecule has 0 radical (unpaired) electrons. The maximum absolute atomic E-state index is 10.7. The quantitative estimate of drug-likeness (QED) is 0.663. The Hall–Kier alpha value is -1.88. The lowest BCUT2D eigenvalue weighted by molar-refractivity contribution is -0.384. The van der Waals surface area contributed by atoms with E-state index in [9.17, 15) is 10.1 Å². The summed E-state index contributed by atoms with van der Waals surface area (Å²) in [6.07, 6.45) is 0.952. The minimum Gasteiger partial charge on any atom is -0.382 e. The van der Waals surface area contributed by atoms with E-state index in [1.165, 1.54) is 10.9 Å². The molecule has 1 atom stereocenters. The first-order valence-electron chi connectivity index (χ1n) is 6.10. The standard InChI is InChI=1S/C14H16N2O2S/c1-10-8-12(16(17)18)5-6-14(10)15-11(2)9-13-4-3-7-19-13/h3-8,11,15H,9H2,1-2H3. The van der Waals surface area contributed by atoms with Gasteiger partial charge >= 0.3 is 0 Å². The Morgan fingerprint density at radius 2 is 2.21 bits per heavy atom. The van der Waals surface area contributed by atoms with Crippen molar-refractivity contribution in [3.63, 3.8) is 0 Å². The van der Waals surface area contributed by atoms with Crippen molar-refractivity contribution in [3.8, 4) is 0 Å². The fourth-order valence-electron chi connectivity index (χ4n) is 1.97. The second kappa shape index (κ2) is 5.84. The molecule has 0 spiro atoms. The number of non-ortho nitro benzene ring substituents is 1. The molecule has 0 saturated heterocycles. The van der Waals surface area contributed by atoms with E-state index in [2.05, 4.69) is 23.7 Å². The first kappa shape index (κ1) is 13.5. The van der Waals surface area contributed by atoms with Gasteiger partial charge in [0.25, 0.3) is 5.69 Å². The molecule has 1 unspecified atom stereocenters. The molecule has 0 aliphatic rings. The van der Waals surface area contributed by atoms with Crippen LogP contribution >= 0.6 is 11.3 Å². The molecule has 2 rings (SSSR count). The summed E-state index contributed by atoms with van der Waals surface area (Å²) in [5, 5.41) is 16.2. The fraction of sp³-hybridized carbons (Fsp3) is 0.286. The van der Waals surface area contributed by atoms with E-state index in [0.29, 0.717) is 6.04 Å². The Balaban J connectivity index is 2.04. The number of nitrogens with one attached hydrogen (secondary N) is 1. The van der Waals surface area contributed by atoms with Crippen LogP contribution in [0.2, 0.25) is 0 Å². The van der Waals surface area contributed by atoms with Crippen molar-refractivity contribution in [1.29, 1.82) is 0 Å². The summed E-state index contributed by atoms with van der Waals surface area (Å²) in [7, 11) is 0. The number of nitro groups is 1. The van der Waals surface area contributed by atoms with Crippen molar-refractivity contribution in [2.75, 3.05) is 5.32 Å². The maximum atomic E-state index is 10.7. The number of hydrogen-bond acceptors (Lipinski definition) is 4. The summed E-state index contributed by atoms with van der Waals surface area (Å²) in [6, 6.07) is 9.36. The normalized spacial score (nSPS) is 12.1. The zero-order valence-corrected chi connectivity index (χ0v) is 11.7. The van der Waals surface area contributed by atoms with Gasteiger partial charge in [-0.25, -0.2) is 0 Å². The minimum absolute atomic E-state index is 0.133. The highest BCUT2D eigenvalue weighted by atomic mass is 32.1. The number of rotatable bonds is 5. The molecule has 1 heterocycles. The third-order valence-electron chi connectivity index (χ3n) is 2.91. The Morgan fingerprint density at radius 3 is 2.79 bits per heavy atom. The van der Waals surface area contributed by atoms with Crippen LogP contribution in [0.3, 0.4) is 0 Å². The van der Waals surface area contributed by atoms with Crippen LogP contribution in [0.15, 0.2) is 35.7 Å². The summed E-state index contributed by atoms with van der Waals surface area (Å²) in [5.41, 5.74) is 1.98. The van der Waals surface area contributed by atoms with E-state index < -0.39 is 0 Å². The molecule has 0 amide bonds. The number of anilines is 1. The molecule has 100 valence electrons. The third-order valence-corrected chi connectivity index (χ3v) is 3.81. The number of hydrogen-bond donors (Lipinski definition) is 1. The number of nitro benzene ring substituents is 1. The van der Waals surface area contributed by atoms with Crippen molar-refractivity contribution in [1.82, 2.24) is 0 Å². The lowest BCUT2D eigenvalue weighted by atomic mass is 10.1. The number of aryl methyl sites for hydroxylation is 1. The van der Waals surface area contributed by atoms with Gasteiger partial charge in [-0.3, -0.25) is 10.1 Å². The van der Waals surface area contributed by atoms with Gasteiger partial charge in [-0.15, -0.1) is 11.3 Å². The van der Waals surface area contributed by atoms with Crippen LogP contribution in [0.25, 0.3) is 0 Å². The molecule has 5 heteroatoms. The monoisotopic (exact) mass is 276 g/mol. The Morgan fingerprint density at radius 1 is 1.42 bits per heavy atom. The highest BCUT2D eigenvalue weighted by Gasteiger charge is 2.10. The summed E-state index contributed by atoms with van der Waals surface area (Å²) in [4.78, 5) is 11.6. The fourth-order valence-corrected chi connectivity index (χ4v) is 2.81. The molecular formula is C14H16N2O2S. The Labute approximate surface area is 116 Å². The second-order valence-electron chi connectivity index (χ2n) is 4.59. The molecule has 1 aromatic carbocycles. The summed E-state index contributed by atoms with van der Waals surface area (Å²) < 4.78 is 0. The Bertz CT molecular complexity index is 567. The molecule has 4 nitrogen and oxygen atoms in total. The first-order valence-corrected chi connectivity index (χ1v) is 6.98. The third kappa shape index (κ3) is 3.54. The average molecular weight is 276 g/mol. The smallest absolute Gasteiger partial charge is 0.269 e. The van der Waals surface area contributed by atoms with Crippen molar-refractivity contribution in [3.05, 3.63) is 56.3 Å². The van der Waals surface area contributed by atoms with Crippen LogP contribution in [-0.2, 0) is 6.42 Å². The minimum atomic E-state index is -0.369. The van der Waals surface area contributed by atoms with Gasteiger partial charge in [-0.1, -0.05) is 6.07 Å². The van der Waals surface area contributed by atoms with Crippen LogP contribution in [0.4, 0.5) is 11.4 Å². The van der Waals surface area contributed by atoms with E-state index in [4.69, 9.17) is 0 Å². The van der Waals surface area contributed by atoms with Crippen LogP contribution in [0.5, 0.6) is 0 Å². The largest absolute Gasteiger partial charge is 0.382 e. The van der Waals surface area contributed by atoms with Gasteiger partial charge in [0.1, 0.15) is 0 Å². The molecule has 1 N–H and O–H groups in total. The van der Waals surface area contributed by atoms with Gasteiger partial charge in [0, 0.05) is 35.2 Å². The summed E-state index contributed by atoms with van der Waals surface area (Å²) in [5.74, 6) is 0. The number of nitrogens with zero attached hydrogens (tertiary/aromatic N) is 1. The maximum Gasteiger partial charge on any atom is 0.269 e. The van der Waals surface area contributed by atoms with Crippen molar-refractivity contribution >= 4 is 22.7 Å². The summed E-state index contributed by atoms with van der Waals surface area (Å²) in [6.45, 7) is 3.99. The molecule has 2 aromatic rings. The van der Waals surface area contributed by atoms with E-state index in [1.54, 1.807) is 23.5 Å². The zero-order chi connectivity index (χ0) is 13.8. The van der Waals surface area contributed by atoms with Crippen molar-refractivity contribution in [2.45, 2.75) is 26.3 Å². The van der Waals surface area contributed by atoms with Gasteiger partial charge in [0.15, 0.2) is 0 Å². The van der Waals surface area contributed by atoms with E-state index >= 15 is 0 Å². The van der Waals surface area contributed by atoms with Crippen LogP contribution < -0.4 is 5.32 Å². The van der Waals surface area contributed by atoms with Crippen molar-refractivity contribution in [2.24, 2.45) is 0 Å². The van der Waals surface area contributed by atoms with E-state index in [1.807, 2.05) is 13.0 Å². The highest BCUT2D eigenvalue weighted by Crippen LogP contribution is 2.22. The zero-order valence-electron chi connectivity index (χ0n) is 10.9. The molecule has 19 heavy (non-hydrogen) atoms. The first-order chi connectivity index (χ1) is 9.06. The molecule has 0 fully saturated rings. The van der Waals surface area contributed by atoms with Gasteiger partial charge < -0.3 is 5.32 Å². The Kier molecular flexibility index (Phi) is 4.16. The van der Waals surface area contributed by atoms with Crippen LogP contribution in [0, 0.1) is 17.0 Å². The molecule has 0 aliphatic carbocycles. The van der Waals surface area contributed by atoms with E-state index in [0.717, 1.165) is 17.7 Å². The van der Waals surface area contributed by atoms with Gasteiger partial charge in [-0.2, -0.15) is 0 Å². The van der Waals surface area contributed by atoms with Crippen molar-refractivity contribution < 1.29 is 4.92 Å². The highest BCUT2D eigenvalue weighted by molar-refractivity contribution is 7.09. The van der Waals surface area contributed by atoms with E-state index in [-0.39, 0.29) is 10.6 Å². The summed E-state index contributed by atoms with van der Waals surface area (Å²) >= 11 is 1.74.